The maximum atomic E-state index is 13.6. The number of fused-ring (bicyclic) bond motifs is 1. The molecule has 4 amide bonds. The summed E-state index contributed by atoms with van der Waals surface area (Å²) in [7, 11) is 0. The topological polar surface area (TPSA) is 338 Å². The predicted octanol–water partition coefficient (Wildman–Crippen LogP) is -3.05. The molecule has 0 saturated heterocycles. The highest BCUT2D eigenvalue weighted by molar-refractivity contribution is 5.95. The molecule has 0 saturated carbocycles. The van der Waals surface area contributed by atoms with E-state index < -0.39 is 53.8 Å². The Morgan fingerprint density at radius 2 is 1.33 bits per heavy atom. The van der Waals surface area contributed by atoms with Gasteiger partial charge < -0.3 is 60.4 Å². The number of aliphatic carboxylic acids is 1. The summed E-state index contributed by atoms with van der Waals surface area (Å²) in [4.78, 5) is 74.0. The molecule has 1 heterocycles. The monoisotopic (exact) mass is 644 g/mol. The summed E-state index contributed by atoms with van der Waals surface area (Å²) in [6, 6.07) is 2.41. The van der Waals surface area contributed by atoms with E-state index in [1.165, 1.54) is 0 Å². The van der Waals surface area contributed by atoms with Crippen molar-refractivity contribution in [2.24, 2.45) is 44.4 Å². The highest BCUT2D eigenvalue weighted by Gasteiger charge is 2.31. The summed E-state index contributed by atoms with van der Waals surface area (Å²) in [6.45, 7) is 0.416. The van der Waals surface area contributed by atoms with E-state index in [1.54, 1.807) is 12.3 Å². The van der Waals surface area contributed by atoms with E-state index in [4.69, 9.17) is 34.4 Å². The van der Waals surface area contributed by atoms with E-state index >= 15 is 0 Å². The number of guanidine groups is 2. The fraction of sp³-hybridized carbons (Fsp3) is 0.464. The van der Waals surface area contributed by atoms with Gasteiger partial charge in [-0.15, -0.1) is 0 Å². The molecular formula is C28H44N12O6. The summed E-state index contributed by atoms with van der Waals surface area (Å²) >= 11 is 0. The Hall–Kier alpha value is -5.39. The summed E-state index contributed by atoms with van der Waals surface area (Å²) in [5.74, 6) is -4.53. The molecular weight excluding hydrogens is 600 g/mol. The number of rotatable bonds is 20. The molecule has 1 aromatic heterocycles. The number of aromatic nitrogens is 1. The van der Waals surface area contributed by atoms with Crippen molar-refractivity contribution in [3.8, 4) is 0 Å². The number of benzene rings is 1. The van der Waals surface area contributed by atoms with Gasteiger partial charge in [-0.25, -0.2) is 4.79 Å². The first-order chi connectivity index (χ1) is 21.8. The molecule has 0 radical (unpaired) electrons. The molecule has 17 N–H and O–H groups in total. The van der Waals surface area contributed by atoms with E-state index in [2.05, 4.69) is 30.9 Å². The molecule has 46 heavy (non-hydrogen) atoms. The van der Waals surface area contributed by atoms with Crippen molar-refractivity contribution in [3.05, 3.63) is 36.0 Å². The van der Waals surface area contributed by atoms with Crippen LogP contribution in [0.5, 0.6) is 0 Å². The van der Waals surface area contributed by atoms with Gasteiger partial charge in [-0.05, 0) is 43.7 Å². The minimum atomic E-state index is -1.45. The Morgan fingerprint density at radius 3 is 1.93 bits per heavy atom. The van der Waals surface area contributed by atoms with Gasteiger partial charge in [0.2, 0.25) is 23.6 Å². The minimum Gasteiger partial charge on any atom is -0.480 e. The zero-order valence-corrected chi connectivity index (χ0v) is 25.4. The molecule has 4 atom stereocenters. The van der Waals surface area contributed by atoms with Gasteiger partial charge in [-0.2, -0.15) is 0 Å². The lowest BCUT2D eigenvalue weighted by atomic mass is 10.0. The molecule has 0 aliphatic rings. The van der Waals surface area contributed by atoms with E-state index in [0.29, 0.717) is 12.0 Å². The number of carboxylic acid groups (broad SMARTS) is 1. The SMILES string of the molecule is NC(=O)CCC(NC(=O)C(Cc1c[nH]c2ccccc12)NC(=O)C(CCCN=C(N)N)NC(=O)C(N)CCCN=C(N)N)C(=O)O. The molecule has 1 aromatic carbocycles. The summed E-state index contributed by atoms with van der Waals surface area (Å²) in [5, 5.41) is 18.1. The van der Waals surface area contributed by atoms with E-state index in [0.717, 1.165) is 10.9 Å². The van der Waals surface area contributed by atoms with Crippen molar-refractivity contribution in [3.63, 3.8) is 0 Å². The van der Waals surface area contributed by atoms with Gasteiger partial charge in [0.15, 0.2) is 11.9 Å². The highest BCUT2D eigenvalue weighted by Crippen LogP contribution is 2.19. The quantitative estimate of drug-likeness (QED) is 0.0390. The second kappa shape index (κ2) is 18.4. The van der Waals surface area contributed by atoms with Gasteiger partial charge in [0.1, 0.15) is 18.1 Å². The number of hydrogen-bond acceptors (Lipinski definition) is 8. The minimum absolute atomic E-state index is 0.0390. The number of H-pyrrole nitrogens is 1. The lowest BCUT2D eigenvalue weighted by Gasteiger charge is -2.25. The maximum Gasteiger partial charge on any atom is 0.326 e. The first-order valence-electron chi connectivity index (χ1n) is 14.6. The average Bonchev–Trinajstić information content (AvgIpc) is 3.40. The van der Waals surface area contributed by atoms with Gasteiger partial charge in [0, 0.05) is 43.0 Å². The summed E-state index contributed by atoms with van der Waals surface area (Å²) in [5.41, 5.74) is 34.1. The van der Waals surface area contributed by atoms with Crippen molar-refractivity contribution < 1.29 is 29.1 Å². The molecule has 2 aromatic rings. The second-order valence-corrected chi connectivity index (χ2v) is 10.6. The fourth-order valence-electron chi connectivity index (χ4n) is 4.52. The smallest absolute Gasteiger partial charge is 0.326 e. The number of nitrogens with one attached hydrogen (secondary N) is 4. The van der Waals surface area contributed by atoms with Crippen LogP contribution in [0.25, 0.3) is 10.9 Å². The van der Waals surface area contributed by atoms with Gasteiger partial charge >= 0.3 is 5.97 Å². The van der Waals surface area contributed by atoms with Gasteiger partial charge in [0.25, 0.3) is 0 Å². The first-order valence-corrected chi connectivity index (χ1v) is 14.6. The molecule has 0 aliphatic heterocycles. The number of carboxylic acids is 1. The Labute approximate surface area is 265 Å². The van der Waals surface area contributed by atoms with Gasteiger partial charge in [0.05, 0.1) is 6.04 Å². The normalized spacial score (nSPS) is 13.4. The number of hydrogen-bond donors (Lipinski definition) is 11. The molecule has 0 spiro atoms. The summed E-state index contributed by atoms with van der Waals surface area (Å²) < 4.78 is 0. The zero-order chi connectivity index (χ0) is 34.2. The van der Waals surface area contributed by atoms with Crippen LogP contribution in [0, 0.1) is 0 Å². The van der Waals surface area contributed by atoms with Crippen molar-refractivity contribution in [2.75, 3.05) is 13.1 Å². The zero-order valence-electron chi connectivity index (χ0n) is 25.4. The van der Waals surface area contributed by atoms with Crippen molar-refractivity contribution in [1.29, 1.82) is 0 Å². The number of aromatic amines is 1. The number of carbonyl (C=O) groups excluding carboxylic acids is 4. The number of nitrogens with two attached hydrogens (primary N) is 6. The standard InChI is InChI=1S/C28H44N12O6/c29-17(6-3-11-35-27(31)32)23(42)38-19(8-4-12-36-28(33)34)24(43)40-21(13-15-14-37-18-7-2-1-5-16(15)18)25(44)39-20(26(45)46)9-10-22(30)41/h1-2,5,7,14,17,19-21,37H,3-4,6,8-13,29H2,(H2,30,41)(H,38,42)(H,39,44)(H,40,43)(H,45,46)(H4,31,32,35)(H4,33,34,36). The highest BCUT2D eigenvalue weighted by atomic mass is 16.4. The lowest BCUT2D eigenvalue weighted by Crippen LogP contribution is -2.57. The number of aliphatic imine (C=N–C) groups is 2. The van der Waals surface area contributed by atoms with Crippen LogP contribution < -0.4 is 50.4 Å². The van der Waals surface area contributed by atoms with Crippen molar-refractivity contribution in [1.82, 2.24) is 20.9 Å². The van der Waals surface area contributed by atoms with Crippen LogP contribution in [-0.2, 0) is 30.4 Å². The van der Waals surface area contributed by atoms with Crippen LogP contribution in [0.1, 0.15) is 44.1 Å². The fourth-order valence-corrected chi connectivity index (χ4v) is 4.52. The van der Waals surface area contributed by atoms with E-state index in [-0.39, 0.29) is 63.5 Å². The number of nitrogens with zero attached hydrogens (tertiary/aromatic N) is 2. The van der Waals surface area contributed by atoms with Crippen molar-refractivity contribution in [2.45, 2.75) is 69.1 Å². The molecule has 252 valence electrons. The molecule has 18 nitrogen and oxygen atoms in total. The Bertz CT molecular complexity index is 1420. The molecule has 2 rings (SSSR count). The predicted molar refractivity (Wildman–Crippen MR) is 172 cm³/mol. The third-order valence-electron chi connectivity index (χ3n) is 6.91. The molecule has 18 heteroatoms. The van der Waals surface area contributed by atoms with Crippen molar-refractivity contribution >= 4 is 52.4 Å². The van der Waals surface area contributed by atoms with Crippen LogP contribution in [0.15, 0.2) is 40.4 Å². The third-order valence-corrected chi connectivity index (χ3v) is 6.91. The number of primary amides is 1. The lowest BCUT2D eigenvalue weighted by molar-refractivity contribution is -0.142. The van der Waals surface area contributed by atoms with Crippen LogP contribution in [0.3, 0.4) is 0 Å². The Balaban J connectivity index is 2.30. The Morgan fingerprint density at radius 1 is 0.761 bits per heavy atom. The third kappa shape index (κ3) is 12.7. The van der Waals surface area contributed by atoms with E-state index in [1.807, 2.05) is 18.2 Å². The molecule has 4 unspecified atom stereocenters. The number of carbonyl (C=O) groups is 5. The van der Waals surface area contributed by atoms with Gasteiger partial charge in [-0.3, -0.25) is 29.2 Å². The van der Waals surface area contributed by atoms with Crippen LogP contribution in [-0.4, -0.2) is 88.9 Å². The van der Waals surface area contributed by atoms with Crippen LogP contribution in [0.2, 0.25) is 0 Å². The maximum absolute atomic E-state index is 13.6. The Kier molecular flexibility index (Phi) is 14.7. The molecule has 0 bridgehead atoms. The van der Waals surface area contributed by atoms with E-state index in [9.17, 15) is 29.1 Å². The van der Waals surface area contributed by atoms with Gasteiger partial charge in [-0.1, -0.05) is 18.2 Å². The average molecular weight is 645 g/mol. The van der Waals surface area contributed by atoms with Crippen LogP contribution in [0.4, 0.5) is 0 Å². The number of amides is 4. The number of para-hydroxylation sites is 1. The second-order valence-electron chi connectivity index (χ2n) is 10.6. The molecule has 0 fully saturated rings. The van der Waals surface area contributed by atoms with Crippen LogP contribution >= 0.6 is 0 Å². The molecule has 0 aliphatic carbocycles. The largest absolute Gasteiger partial charge is 0.480 e. The summed E-state index contributed by atoms with van der Waals surface area (Å²) in [6.07, 6.45) is 2.08. The first kappa shape index (κ1) is 36.8.